The molecule has 0 unspecified atom stereocenters. The van der Waals surface area contributed by atoms with Crippen molar-refractivity contribution in [1.82, 2.24) is 4.98 Å². The van der Waals surface area contributed by atoms with Crippen LogP contribution in [0.5, 0.6) is 0 Å². The van der Waals surface area contributed by atoms with E-state index in [4.69, 9.17) is 0 Å². The summed E-state index contributed by atoms with van der Waals surface area (Å²) in [6.07, 6.45) is 1.66. The molecule has 0 saturated heterocycles. The highest BCUT2D eigenvalue weighted by Crippen LogP contribution is 2.11. The van der Waals surface area contributed by atoms with Crippen molar-refractivity contribution >= 4 is 5.97 Å². The van der Waals surface area contributed by atoms with Crippen LogP contribution in [0.1, 0.15) is 21.6 Å². The third-order valence-corrected chi connectivity index (χ3v) is 1.80. The van der Waals surface area contributed by atoms with Crippen LogP contribution in [0.4, 0.5) is 0 Å². The minimum atomic E-state index is -0.285. The fourth-order valence-electron chi connectivity index (χ4n) is 0.921. The fourth-order valence-corrected chi connectivity index (χ4v) is 0.921. The first kappa shape index (κ1) is 7.85. The minimum absolute atomic E-state index is 0.285. The molecule has 0 saturated carbocycles. The first-order chi connectivity index (χ1) is 5.16. The number of nitrogens with one attached hydrogen (secondary N) is 1. The topological polar surface area (TPSA) is 42.1 Å². The number of rotatable bonds is 1. The van der Waals surface area contributed by atoms with Crippen LogP contribution >= 0.6 is 0 Å². The first-order valence-electron chi connectivity index (χ1n) is 3.39. The monoisotopic (exact) mass is 153 g/mol. The molecule has 0 atom stereocenters. The van der Waals surface area contributed by atoms with Gasteiger partial charge >= 0.3 is 5.97 Å². The van der Waals surface area contributed by atoms with Gasteiger partial charge in [0.25, 0.3) is 0 Å². The quantitative estimate of drug-likeness (QED) is 0.620. The number of aromatic amines is 1. The van der Waals surface area contributed by atoms with Crippen molar-refractivity contribution < 1.29 is 9.53 Å². The molecule has 0 aromatic carbocycles. The van der Waals surface area contributed by atoms with E-state index in [1.807, 2.05) is 13.8 Å². The molecule has 3 nitrogen and oxygen atoms in total. The Bertz CT molecular complexity index is 276. The van der Waals surface area contributed by atoms with E-state index in [0.29, 0.717) is 5.56 Å². The summed E-state index contributed by atoms with van der Waals surface area (Å²) in [5.41, 5.74) is 2.58. The maximum Gasteiger partial charge on any atom is 0.339 e. The van der Waals surface area contributed by atoms with Gasteiger partial charge in [0, 0.05) is 11.9 Å². The summed E-state index contributed by atoms with van der Waals surface area (Å²) >= 11 is 0. The van der Waals surface area contributed by atoms with Crippen molar-refractivity contribution in [3.63, 3.8) is 0 Å². The zero-order valence-electron chi connectivity index (χ0n) is 6.89. The Labute approximate surface area is 65.4 Å². The van der Waals surface area contributed by atoms with Crippen molar-refractivity contribution in [1.29, 1.82) is 0 Å². The van der Waals surface area contributed by atoms with E-state index in [0.717, 1.165) is 11.3 Å². The van der Waals surface area contributed by atoms with Crippen LogP contribution in [0.25, 0.3) is 0 Å². The first-order valence-corrected chi connectivity index (χ1v) is 3.39. The van der Waals surface area contributed by atoms with Gasteiger partial charge in [-0.3, -0.25) is 0 Å². The number of H-pyrrole nitrogens is 1. The normalized spacial score (nSPS) is 9.73. The van der Waals surface area contributed by atoms with E-state index in [2.05, 4.69) is 9.72 Å². The van der Waals surface area contributed by atoms with Crippen LogP contribution in [-0.4, -0.2) is 18.1 Å². The van der Waals surface area contributed by atoms with E-state index in [1.54, 1.807) is 6.20 Å². The van der Waals surface area contributed by atoms with Crippen molar-refractivity contribution in [3.8, 4) is 0 Å². The van der Waals surface area contributed by atoms with Crippen LogP contribution in [0, 0.1) is 13.8 Å². The number of ether oxygens (including phenoxy) is 1. The molecule has 0 fully saturated rings. The lowest BCUT2D eigenvalue weighted by Crippen LogP contribution is -2.00. The van der Waals surface area contributed by atoms with Gasteiger partial charge in [-0.1, -0.05) is 0 Å². The molecular formula is C8H11NO2. The average molecular weight is 153 g/mol. The molecule has 11 heavy (non-hydrogen) atoms. The van der Waals surface area contributed by atoms with Gasteiger partial charge in [0.1, 0.15) is 0 Å². The third kappa shape index (κ3) is 1.27. The van der Waals surface area contributed by atoms with Gasteiger partial charge in [0.15, 0.2) is 0 Å². The number of aromatic nitrogens is 1. The van der Waals surface area contributed by atoms with Gasteiger partial charge in [-0.05, 0) is 19.4 Å². The van der Waals surface area contributed by atoms with E-state index in [-0.39, 0.29) is 5.97 Å². The molecule has 0 bridgehead atoms. The van der Waals surface area contributed by atoms with Crippen molar-refractivity contribution in [3.05, 3.63) is 23.0 Å². The lowest BCUT2D eigenvalue weighted by Gasteiger charge is -1.95. The zero-order chi connectivity index (χ0) is 8.43. The highest BCUT2D eigenvalue weighted by molar-refractivity contribution is 5.91. The van der Waals surface area contributed by atoms with Crippen molar-refractivity contribution in [2.24, 2.45) is 0 Å². The van der Waals surface area contributed by atoms with E-state index < -0.39 is 0 Å². The van der Waals surface area contributed by atoms with E-state index >= 15 is 0 Å². The number of carbonyl (C=O) groups excluding carboxylic acids is 1. The van der Waals surface area contributed by atoms with Crippen LogP contribution in [-0.2, 0) is 4.74 Å². The Hall–Kier alpha value is -1.25. The summed E-state index contributed by atoms with van der Waals surface area (Å²) in [7, 11) is 1.38. The van der Waals surface area contributed by atoms with Gasteiger partial charge in [0.2, 0.25) is 0 Å². The molecule has 0 amide bonds. The smallest absolute Gasteiger partial charge is 0.339 e. The molecule has 3 heteroatoms. The number of methoxy groups -OCH3 is 1. The lowest BCUT2D eigenvalue weighted by atomic mass is 10.2. The summed E-state index contributed by atoms with van der Waals surface area (Å²) in [5.74, 6) is -0.285. The Morgan fingerprint density at radius 2 is 2.18 bits per heavy atom. The van der Waals surface area contributed by atoms with Crippen LogP contribution < -0.4 is 0 Å². The summed E-state index contributed by atoms with van der Waals surface area (Å²) in [6.45, 7) is 3.81. The Kier molecular flexibility index (Phi) is 1.98. The van der Waals surface area contributed by atoms with Gasteiger partial charge < -0.3 is 9.72 Å². The maximum absolute atomic E-state index is 11.0. The van der Waals surface area contributed by atoms with Gasteiger partial charge in [-0.25, -0.2) is 4.79 Å². The third-order valence-electron chi connectivity index (χ3n) is 1.80. The molecule has 60 valence electrons. The summed E-state index contributed by atoms with van der Waals surface area (Å²) < 4.78 is 4.57. The predicted molar refractivity (Wildman–Crippen MR) is 41.6 cm³/mol. The molecule has 1 N–H and O–H groups in total. The minimum Gasteiger partial charge on any atom is -0.465 e. The molecule has 1 aromatic heterocycles. The van der Waals surface area contributed by atoms with Gasteiger partial charge in [-0.2, -0.15) is 0 Å². The summed E-state index contributed by atoms with van der Waals surface area (Å²) in [4.78, 5) is 14.0. The number of aryl methyl sites for hydroxylation is 1. The second-order valence-corrected chi connectivity index (χ2v) is 2.44. The van der Waals surface area contributed by atoms with Crippen LogP contribution in [0.3, 0.4) is 0 Å². The fraction of sp³-hybridized carbons (Fsp3) is 0.375. The molecule has 0 aliphatic carbocycles. The largest absolute Gasteiger partial charge is 0.465 e. The SMILES string of the molecule is COC(=O)c1c[nH]c(C)c1C. The Balaban J connectivity index is 3.04. The Morgan fingerprint density at radius 1 is 1.55 bits per heavy atom. The maximum atomic E-state index is 11.0. The van der Waals surface area contributed by atoms with Gasteiger partial charge in [-0.15, -0.1) is 0 Å². The van der Waals surface area contributed by atoms with Crippen LogP contribution in [0.2, 0.25) is 0 Å². The second kappa shape index (κ2) is 2.78. The molecule has 0 aliphatic rings. The molecule has 0 spiro atoms. The zero-order valence-corrected chi connectivity index (χ0v) is 6.89. The number of hydrogen-bond acceptors (Lipinski definition) is 2. The second-order valence-electron chi connectivity index (χ2n) is 2.44. The van der Waals surface area contributed by atoms with E-state index in [9.17, 15) is 4.79 Å². The number of carbonyl (C=O) groups is 1. The predicted octanol–water partition coefficient (Wildman–Crippen LogP) is 1.42. The molecule has 1 rings (SSSR count). The summed E-state index contributed by atoms with van der Waals surface area (Å²) in [6, 6.07) is 0. The Morgan fingerprint density at radius 3 is 2.55 bits per heavy atom. The molecular weight excluding hydrogens is 142 g/mol. The highest BCUT2D eigenvalue weighted by Gasteiger charge is 2.11. The number of hydrogen-bond donors (Lipinski definition) is 1. The summed E-state index contributed by atoms with van der Waals surface area (Å²) in [5, 5.41) is 0. The average Bonchev–Trinajstić information content (AvgIpc) is 2.32. The number of esters is 1. The van der Waals surface area contributed by atoms with E-state index in [1.165, 1.54) is 7.11 Å². The standard InChI is InChI=1S/C8H11NO2/c1-5-6(2)9-4-7(5)8(10)11-3/h4,9H,1-3H3. The van der Waals surface area contributed by atoms with Gasteiger partial charge in [0.05, 0.1) is 12.7 Å². The van der Waals surface area contributed by atoms with Crippen molar-refractivity contribution in [2.45, 2.75) is 13.8 Å². The molecule has 1 heterocycles. The molecule has 1 aromatic rings. The van der Waals surface area contributed by atoms with Crippen molar-refractivity contribution in [2.75, 3.05) is 7.11 Å². The molecule has 0 radical (unpaired) electrons. The highest BCUT2D eigenvalue weighted by atomic mass is 16.5. The molecule has 0 aliphatic heterocycles. The van der Waals surface area contributed by atoms with Crippen LogP contribution in [0.15, 0.2) is 6.20 Å². The lowest BCUT2D eigenvalue weighted by molar-refractivity contribution is 0.0600.